The number of para-hydroxylation sites is 1. The highest BCUT2D eigenvalue weighted by Gasteiger charge is 2.32. The molecule has 1 N–H and O–H groups in total. The van der Waals surface area contributed by atoms with Crippen molar-refractivity contribution in [3.8, 4) is 11.5 Å². The molecule has 0 aliphatic carbocycles. The molecule has 24 heavy (non-hydrogen) atoms. The molecule has 3 rings (SSSR count). The number of hydrogen-bond donors (Lipinski definition) is 1. The summed E-state index contributed by atoms with van der Waals surface area (Å²) in [4.78, 5) is 12.1. The summed E-state index contributed by atoms with van der Waals surface area (Å²) in [6.45, 7) is 6.95. The van der Waals surface area contributed by atoms with E-state index in [1.807, 2.05) is 43.3 Å². The quantitative estimate of drug-likeness (QED) is 0.856. The Bertz CT molecular complexity index is 752. The summed E-state index contributed by atoms with van der Waals surface area (Å²) in [5.74, 6) is 1.48. The SMILES string of the molecule is Cc1cccc(C(=O)NCCOc2cccc3c2OC(C)(C)C3)c1. The van der Waals surface area contributed by atoms with Crippen molar-refractivity contribution in [2.45, 2.75) is 32.8 Å². The molecule has 0 fully saturated rings. The molecule has 2 aromatic rings. The van der Waals surface area contributed by atoms with Gasteiger partial charge in [-0.2, -0.15) is 0 Å². The van der Waals surface area contributed by atoms with Crippen LogP contribution in [0.25, 0.3) is 0 Å². The van der Waals surface area contributed by atoms with Gasteiger partial charge >= 0.3 is 0 Å². The number of rotatable bonds is 5. The Morgan fingerprint density at radius 1 is 1.25 bits per heavy atom. The van der Waals surface area contributed by atoms with E-state index in [9.17, 15) is 4.79 Å². The topological polar surface area (TPSA) is 47.6 Å². The first-order valence-electron chi connectivity index (χ1n) is 8.23. The lowest BCUT2D eigenvalue weighted by atomic mass is 10.0. The number of amides is 1. The summed E-state index contributed by atoms with van der Waals surface area (Å²) in [5.41, 5.74) is 2.71. The third kappa shape index (κ3) is 3.70. The summed E-state index contributed by atoms with van der Waals surface area (Å²) in [6.07, 6.45) is 0.879. The van der Waals surface area contributed by atoms with E-state index in [1.165, 1.54) is 5.56 Å². The van der Waals surface area contributed by atoms with Crippen LogP contribution in [0.3, 0.4) is 0 Å². The summed E-state index contributed by atoms with van der Waals surface area (Å²) in [6, 6.07) is 13.5. The molecule has 0 unspecified atom stereocenters. The molecule has 0 atom stereocenters. The van der Waals surface area contributed by atoms with Crippen molar-refractivity contribution in [3.05, 3.63) is 59.2 Å². The Kier molecular flexibility index (Phi) is 4.47. The lowest BCUT2D eigenvalue weighted by Gasteiger charge is -2.18. The van der Waals surface area contributed by atoms with Crippen molar-refractivity contribution in [1.82, 2.24) is 5.32 Å². The van der Waals surface area contributed by atoms with Crippen LogP contribution in [0.5, 0.6) is 11.5 Å². The maximum atomic E-state index is 12.1. The van der Waals surface area contributed by atoms with E-state index in [4.69, 9.17) is 9.47 Å². The van der Waals surface area contributed by atoms with Gasteiger partial charge in [-0.3, -0.25) is 4.79 Å². The fraction of sp³-hybridized carbons (Fsp3) is 0.350. The molecule has 0 spiro atoms. The maximum absolute atomic E-state index is 12.1. The van der Waals surface area contributed by atoms with Crippen LogP contribution in [0.15, 0.2) is 42.5 Å². The van der Waals surface area contributed by atoms with Crippen molar-refractivity contribution in [3.63, 3.8) is 0 Å². The fourth-order valence-corrected chi connectivity index (χ4v) is 2.91. The number of carbonyl (C=O) groups is 1. The van der Waals surface area contributed by atoms with E-state index in [-0.39, 0.29) is 11.5 Å². The molecule has 0 bridgehead atoms. The van der Waals surface area contributed by atoms with Crippen molar-refractivity contribution in [1.29, 1.82) is 0 Å². The fourth-order valence-electron chi connectivity index (χ4n) is 2.91. The Balaban J connectivity index is 1.53. The monoisotopic (exact) mass is 325 g/mol. The molecule has 2 aromatic carbocycles. The lowest BCUT2D eigenvalue weighted by Crippen LogP contribution is -2.28. The lowest BCUT2D eigenvalue weighted by molar-refractivity contribution is 0.0946. The molecule has 0 radical (unpaired) electrons. The highest BCUT2D eigenvalue weighted by molar-refractivity contribution is 5.94. The zero-order valence-electron chi connectivity index (χ0n) is 14.4. The number of hydrogen-bond acceptors (Lipinski definition) is 3. The van der Waals surface area contributed by atoms with E-state index in [0.29, 0.717) is 18.7 Å². The molecule has 0 saturated carbocycles. The summed E-state index contributed by atoms with van der Waals surface area (Å²) in [7, 11) is 0. The van der Waals surface area contributed by atoms with Gasteiger partial charge < -0.3 is 14.8 Å². The Morgan fingerprint density at radius 3 is 2.83 bits per heavy atom. The van der Waals surface area contributed by atoms with Crippen molar-refractivity contribution in [2.75, 3.05) is 13.2 Å². The molecule has 4 heteroatoms. The van der Waals surface area contributed by atoms with Crippen LogP contribution in [-0.2, 0) is 6.42 Å². The highest BCUT2D eigenvalue weighted by atomic mass is 16.5. The van der Waals surface area contributed by atoms with Gasteiger partial charge in [-0.1, -0.05) is 29.8 Å². The smallest absolute Gasteiger partial charge is 0.251 e. The Labute approximate surface area is 142 Å². The maximum Gasteiger partial charge on any atom is 0.251 e. The second-order valence-electron chi connectivity index (χ2n) is 6.76. The minimum Gasteiger partial charge on any atom is -0.488 e. The first kappa shape index (κ1) is 16.4. The van der Waals surface area contributed by atoms with Crippen LogP contribution in [0.1, 0.15) is 35.3 Å². The van der Waals surface area contributed by atoms with Crippen LogP contribution in [0, 0.1) is 6.92 Å². The molecular formula is C20H23NO3. The third-order valence-corrected chi connectivity index (χ3v) is 3.98. The number of fused-ring (bicyclic) bond motifs is 1. The molecule has 1 heterocycles. The van der Waals surface area contributed by atoms with Gasteiger partial charge in [0, 0.05) is 17.5 Å². The van der Waals surface area contributed by atoms with E-state index in [1.54, 1.807) is 0 Å². The summed E-state index contributed by atoms with van der Waals surface area (Å²) >= 11 is 0. The highest BCUT2D eigenvalue weighted by Crippen LogP contribution is 2.41. The first-order valence-corrected chi connectivity index (χ1v) is 8.23. The predicted molar refractivity (Wildman–Crippen MR) is 93.9 cm³/mol. The molecule has 0 saturated heterocycles. The van der Waals surface area contributed by atoms with Gasteiger partial charge in [-0.25, -0.2) is 0 Å². The van der Waals surface area contributed by atoms with Crippen LogP contribution < -0.4 is 14.8 Å². The van der Waals surface area contributed by atoms with Crippen LogP contribution in [0.2, 0.25) is 0 Å². The Morgan fingerprint density at radius 2 is 2.04 bits per heavy atom. The summed E-state index contributed by atoms with van der Waals surface area (Å²) in [5, 5.41) is 2.88. The van der Waals surface area contributed by atoms with E-state index in [2.05, 4.69) is 25.2 Å². The zero-order valence-corrected chi connectivity index (χ0v) is 14.4. The van der Waals surface area contributed by atoms with Gasteiger partial charge in [0.2, 0.25) is 0 Å². The Hall–Kier alpha value is -2.49. The molecule has 1 aliphatic heterocycles. The summed E-state index contributed by atoms with van der Waals surface area (Å²) < 4.78 is 11.8. The van der Waals surface area contributed by atoms with Crippen molar-refractivity contribution >= 4 is 5.91 Å². The van der Waals surface area contributed by atoms with Crippen LogP contribution in [-0.4, -0.2) is 24.7 Å². The number of ether oxygens (including phenoxy) is 2. The number of benzene rings is 2. The van der Waals surface area contributed by atoms with Gasteiger partial charge in [-0.15, -0.1) is 0 Å². The zero-order chi connectivity index (χ0) is 17.2. The average Bonchev–Trinajstić information content (AvgIpc) is 2.86. The minimum absolute atomic E-state index is 0.0852. The number of carbonyl (C=O) groups excluding carboxylic acids is 1. The number of aryl methyl sites for hydroxylation is 1. The van der Waals surface area contributed by atoms with Crippen LogP contribution >= 0.6 is 0 Å². The number of nitrogens with one attached hydrogen (secondary N) is 1. The van der Waals surface area contributed by atoms with E-state index in [0.717, 1.165) is 23.5 Å². The van der Waals surface area contributed by atoms with Crippen molar-refractivity contribution in [2.24, 2.45) is 0 Å². The standard InChI is InChI=1S/C20H23NO3/c1-14-6-4-7-15(12-14)19(22)21-10-11-23-17-9-5-8-16-13-20(2,3)24-18(16)17/h4-9,12H,10-11,13H2,1-3H3,(H,21,22). The molecule has 1 aliphatic rings. The van der Waals surface area contributed by atoms with Gasteiger partial charge in [0.1, 0.15) is 12.2 Å². The van der Waals surface area contributed by atoms with E-state index >= 15 is 0 Å². The van der Waals surface area contributed by atoms with Gasteiger partial charge in [0.05, 0.1) is 6.54 Å². The van der Waals surface area contributed by atoms with Crippen molar-refractivity contribution < 1.29 is 14.3 Å². The second kappa shape index (κ2) is 6.56. The first-order chi connectivity index (χ1) is 11.4. The van der Waals surface area contributed by atoms with Gasteiger partial charge in [0.15, 0.2) is 11.5 Å². The second-order valence-corrected chi connectivity index (χ2v) is 6.76. The molecule has 4 nitrogen and oxygen atoms in total. The predicted octanol–water partition coefficient (Wildman–Crippen LogP) is 3.52. The van der Waals surface area contributed by atoms with Crippen LogP contribution in [0.4, 0.5) is 0 Å². The molecule has 0 aromatic heterocycles. The largest absolute Gasteiger partial charge is 0.488 e. The molecule has 126 valence electrons. The molecule has 1 amide bonds. The molecular weight excluding hydrogens is 302 g/mol. The minimum atomic E-state index is -0.193. The van der Waals surface area contributed by atoms with Gasteiger partial charge in [-0.05, 0) is 39.0 Å². The third-order valence-electron chi connectivity index (χ3n) is 3.98. The normalized spacial score (nSPS) is 14.6. The van der Waals surface area contributed by atoms with E-state index < -0.39 is 0 Å². The average molecular weight is 325 g/mol. The van der Waals surface area contributed by atoms with Gasteiger partial charge in [0.25, 0.3) is 5.91 Å².